The van der Waals surface area contributed by atoms with E-state index in [9.17, 15) is 0 Å². The van der Waals surface area contributed by atoms with Crippen LogP contribution in [-0.2, 0) is 0 Å². The minimum Gasteiger partial charge on any atom is -0.314 e. The monoisotopic (exact) mass is 168 g/mol. The van der Waals surface area contributed by atoms with E-state index >= 15 is 0 Å². The largest absolute Gasteiger partial charge is 0.314 e. The lowest BCUT2D eigenvalue weighted by Gasteiger charge is -2.29. The summed E-state index contributed by atoms with van der Waals surface area (Å²) in [6.45, 7) is 6.01. The maximum atomic E-state index is 3.62. The molecule has 0 aromatic heterocycles. The van der Waals surface area contributed by atoms with E-state index in [0.717, 1.165) is 17.9 Å². The van der Waals surface area contributed by atoms with E-state index < -0.39 is 0 Å². The van der Waals surface area contributed by atoms with Crippen molar-refractivity contribution in [3.8, 4) is 0 Å². The summed E-state index contributed by atoms with van der Waals surface area (Å²) in [7, 11) is 0. The molecule has 0 aromatic rings. The van der Waals surface area contributed by atoms with Crippen LogP contribution in [0.15, 0.2) is 0 Å². The molecule has 0 spiro atoms. The Kier molecular flexibility index (Phi) is 2.66. The lowest BCUT2D eigenvalue weighted by molar-refractivity contribution is 0.337. The molecule has 1 aliphatic heterocycles. The molecule has 12 heavy (non-hydrogen) atoms. The van der Waals surface area contributed by atoms with Gasteiger partial charge in [0.1, 0.15) is 0 Å². The first-order valence-electron chi connectivity index (χ1n) is 5.28. The van der Waals surface area contributed by atoms with Crippen LogP contribution < -0.4 is 10.6 Å². The first kappa shape index (κ1) is 8.52. The van der Waals surface area contributed by atoms with Gasteiger partial charge in [-0.25, -0.2) is 0 Å². The molecule has 1 aliphatic carbocycles. The Balaban J connectivity index is 1.60. The molecule has 2 heteroatoms. The van der Waals surface area contributed by atoms with Crippen molar-refractivity contribution < 1.29 is 0 Å². The maximum absolute atomic E-state index is 3.62. The highest BCUT2D eigenvalue weighted by Crippen LogP contribution is 2.29. The van der Waals surface area contributed by atoms with Crippen LogP contribution in [-0.4, -0.2) is 25.7 Å². The lowest BCUT2D eigenvalue weighted by atomic mass is 10.1. The van der Waals surface area contributed by atoms with E-state index in [1.165, 1.54) is 38.9 Å². The van der Waals surface area contributed by atoms with Crippen LogP contribution in [0.25, 0.3) is 0 Å². The van der Waals surface area contributed by atoms with Crippen molar-refractivity contribution >= 4 is 0 Å². The third kappa shape index (κ3) is 1.99. The van der Waals surface area contributed by atoms with Crippen LogP contribution in [0, 0.1) is 11.8 Å². The second-order valence-electron chi connectivity index (χ2n) is 4.55. The fraction of sp³-hybridized carbons (Fsp3) is 1.00. The molecule has 2 unspecified atom stereocenters. The standard InChI is InChI=1S/C10H20N2/c1-8-2-3-9(4-8)5-12-10-6-11-7-10/h8-12H,2-7H2,1H3. The first-order chi connectivity index (χ1) is 5.84. The van der Waals surface area contributed by atoms with E-state index in [1.807, 2.05) is 0 Å². The van der Waals surface area contributed by atoms with Crippen LogP contribution >= 0.6 is 0 Å². The molecular weight excluding hydrogens is 148 g/mol. The average molecular weight is 168 g/mol. The van der Waals surface area contributed by atoms with E-state index in [1.54, 1.807) is 0 Å². The van der Waals surface area contributed by atoms with E-state index in [2.05, 4.69) is 17.6 Å². The molecule has 2 rings (SSSR count). The molecule has 0 amide bonds. The molecule has 2 N–H and O–H groups in total. The van der Waals surface area contributed by atoms with Crippen LogP contribution in [0.5, 0.6) is 0 Å². The summed E-state index contributed by atoms with van der Waals surface area (Å²) in [6, 6.07) is 0.779. The highest BCUT2D eigenvalue weighted by molar-refractivity contribution is 4.83. The van der Waals surface area contributed by atoms with Crippen molar-refractivity contribution in [2.75, 3.05) is 19.6 Å². The maximum Gasteiger partial charge on any atom is 0.0317 e. The van der Waals surface area contributed by atoms with Gasteiger partial charge in [0.25, 0.3) is 0 Å². The third-order valence-corrected chi connectivity index (χ3v) is 3.28. The molecule has 0 aromatic carbocycles. The van der Waals surface area contributed by atoms with Gasteiger partial charge in [0.05, 0.1) is 0 Å². The van der Waals surface area contributed by atoms with Crippen LogP contribution in [0.1, 0.15) is 26.2 Å². The molecule has 2 aliphatic rings. The summed E-state index contributed by atoms with van der Waals surface area (Å²) in [4.78, 5) is 0. The van der Waals surface area contributed by atoms with Gasteiger partial charge in [-0.1, -0.05) is 13.3 Å². The molecule has 1 saturated carbocycles. The summed E-state index contributed by atoms with van der Waals surface area (Å²) in [5, 5.41) is 6.90. The fourth-order valence-electron chi connectivity index (χ4n) is 2.28. The van der Waals surface area contributed by atoms with E-state index in [4.69, 9.17) is 0 Å². The van der Waals surface area contributed by atoms with Crippen LogP contribution in [0.3, 0.4) is 0 Å². The van der Waals surface area contributed by atoms with Gasteiger partial charge in [0.2, 0.25) is 0 Å². The van der Waals surface area contributed by atoms with Gasteiger partial charge in [-0.3, -0.25) is 0 Å². The summed E-state index contributed by atoms with van der Waals surface area (Å²) < 4.78 is 0. The summed E-state index contributed by atoms with van der Waals surface area (Å²) in [6.07, 6.45) is 4.36. The molecule has 1 saturated heterocycles. The van der Waals surface area contributed by atoms with Gasteiger partial charge in [0.15, 0.2) is 0 Å². The van der Waals surface area contributed by atoms with Gasteiger partial charge in [-0.05, 0) is 31.2 Å². The minimum atomic E-state index is 0.779. The van der Waals surface area contributed by atoms with Gasteiger partial charge in [0, 0.05) is 19.1 Å². The van der Waals surface area contributed by atoms with Gasteiger partial charge < -0.3 is 10.6 Å². The van der Waals surface area contributed by atoms with Crippen molar-refractivity contribution in [2.24, 2.45) is 11.8 Å². The minimum absolute atomic E-state index is 0.779. The molecule has 70 valence electrons. The van der Waals surface area contributed by atoms with Crippen molar-refractivity contribution in [3.63, 3.8) is 0 Å². The summed E-state index contributed by atoms with van der Waals surface area (Å²) in [5.41, 5.74) is 0. The zero-order valence-corrected chi connectivity index (χ0v) is 7.97. The van der Waals surface area contributed by atoms with Crippen molar-refractivity contribution in [2.45, 2.75) is 32.2 Å². The molecule has 0 radical (unpaired) electrons. The zero-order chi connectivity index (χ0) is 8.39. The quantitative estimate of drug-likeness (QED) is 0.656. The molecule has 2 fully saturated rings. The predicted octanol–water partition coefficient (Wildman–Crippen LogP) is 0.984. The lowest BCUT2D eigenvalue weighted by Crippen LogP contribution is -2.56. The Morgan fingerprint density at radius 3 is 2.67 bits per heavy atom. The highest BCUT2D eigenvalue weighted by Gasteiger charge is 2.23. The van der Waals surface area contributed by atoms with Crippen molar-refractivity contribution in [1.29, 1.82) is 0 Å². The number of hydrogen-bond acceptors (Lipinski definition) is 2. The number of hydrogen-bond donors (Lipinski definition) is 2. The van der Waals surface area contributed by atoms with Gasteiger partial charge >= 0.3 is 0 Å². The van der Waals surface area contributed by atoms with Gasteiger partial charge in [-0.15, -0.1) is 0 Å². The first-order valence-corrected chi connectivity index (χ1v) is 5.28. The molecule has 2 atom stereocenters. The smallest absolute Gasteiger partial charge is 0.0317 e. The predicted molar refractivity (Wildman–Crippen MR) is 51.2 cm³/mol. The fourth-order valence-corrected chi connectivity index (χ4v) is 2.28. The number of nitrogens with one attached hydrogen (secondary N) is 2. The Morgan fingerprint density at radius 1 is 1.33 bits per heavy atom. The molecule has 1 heterocycles. The third-order valence-electron chi connectivity index (χ3n) is 3.28. The normalized spacial score (nSPS) is 36.8. The molecular formula is C10H20N2. The van der Waals surface area contributed by atoms with Crippen molar-refractivity contribution in [3.05, 3.63) is 0 Å². The average Bonchev–Trinajstić information content (AvgIpc) is 2.32. The molecule has 2 nitrogen and oxygen atoms in total. The molecule has 0 bridgehead atoms. The van der Waals surface area contributed by atoms with Crippen molar-refractivity contribution in [1.82, 2.24) is 10.6 Å². The Bertz CT molecular complexity index is 143. The van der Waals surface area contributed by atoms with Gasteiger partial charge in [-0.2, -0.15) is 0 Å². The SMILES string of the molecule is CC1CCC(CNC2CNC2)C1. The zero-order valence-electron chi connectivity index (χ0n) is 7.97. The van der Waals surface area contributed by atoms with Crippen LogP contribution in [0.4, 0.5) is 0 Å². The Labute approximate surface area is 75.1 Å². The summed E-state index contributed by atoms with van der Waals surface area (Å²) in [5.74, 6) is 1.96. The summed E-state index contributed by atoms with van der Waals surface area (Å²) >= 11 is 0. The Hall–Kier alpha value is -0.0800. The number of rotatable bonds is 3. The van der Waals surface area contributed by atoms with Crippen LogP contribution in [0.2, 0.25) is 0 Å². The topological polar surface area (TPSA) is 24.1 Å². The highest BCUT2D eigenvalue weighted by atomic mass is 15.1. The second-order valence-corrected chi connectivity index (χ2v) is 4.55. The van der Waals surface area contributed by atoms with E-state index in [0.29, 0.717) is 0 Å². The second kappa shape index (κ2) is 3.75. The van der Waals surface area contributed by atoms with E-state index in [-0.39, 0.29) is 0 Å². The Morgan fingerprint density at radius 2 is 2.17 bits per heavy atom.